The van der Waals surface area contributed by atoms with Gasteiger partial charge in [0.15, 0.2) is 0 Å². The highest BCUT2D eigenvalue weighted by molar-refractivity contribution is 5.93. The number of nitrogens with one attached hydrogen (secondary N) is 3. The molecule has 0 bridgehead atoms. The Labute approximate surface area is 220 Å². The molecule has 10 heteroatoms. The van der Waals surface area contributed by atoms with Crippen molar-refractivity contribution in [3.63, 3.8) is 0 Å². The minimum atomic E-state index is -1.12. The van der Waals surface area contributed by atoms with Gasteiger partial charge in [0.25, 0.3) is 0 Å². The molecule has 0 spiro atoms. The van der Waals surface area contributed by atoms with E-state index < -0.39 is 47.5 Å². The summed E-state index contributed by atoms with van der Waals surface area (Å²) in [6, 6.07) is 6.46. The number of amides is 4. The van der Waals surface area contributed by atoms with Gasteiger partial charge >= 0.3 is 6.09 Å². The van der Waals surface area contributed by atoms with E-state index in [9.17, 15) is 19.2 Å². The predicted octanol–water partition coefficient (Wildman–Crippen LogP) is 2.64. The van der Waals surface area contributed by atoms with Crippen LogP contribution in [0.5, 0.6) is 0 Å². The number of rotatable bonds is 14. The minimum absolute atomic E-state index is 0.0553. The molecule has 0 radical (unpaired) electrons. The Morgan fingerprint density at radius 3 is 1.84 bits per heavy atom. The molecule has 1 rings (SSSR count). The summed E-state index contributed by atoms with van der Waals surface area (Å²) in [6.07, 6.45) is -0.0968. The molecule has 0 aliphatic rings. The second-order valence-corrected chi connectivity index (χ2v) is 11.0. The van der Waals surface area contributed by atoms with Crippen LogP contribution in [0.3, 0.4) is 0 Å². The van der Waals surface area contributed by atoms with E-state index in [-0.39, 0.29) is 25.0 Å². The van der Waals surface area contributed by atoms with E-state index in [4.69, 9.17) is 15.2 Å². The SMILES string of the molecule is CC(C)C[C@H](NC(=O)[C@@H](CC(C)C)NC(=O)[C@@H](COCc1ccccc1)NC(=O)OC(C)(C)C)C(N)=O. The van der Waals surface area contributed by atoms with E-state index in [1.54, 1.807) is 20.8 Å². The fraction of sp³-hybridized carbons (Fsp3) is 0.630. The van der Waals surface area contributed by atoms with Gasteiger partial charge < -0.3 is 31.2 Å². The fourth-order valence-corrected chi connectivity index (χ4v) is 3.47. The van der Waals surface area contributed by atoms with Crippen molar-refractivity contribution in [3.8, 4) is 0 Å². The summed E-state index contributed by atoms with van der Waals surface area (Å²) < 4.78 is 11.0. The number of alkyl carbamates (subject to hydrolysis) is 1. The van der Waals surface area contributed by atoms with E-state index in [1.165, 1.54) is 0 Å². The molecular weight excluding hydrogens is 476 g/mol. The highest BCUT2D eigenvalue weighted by Gasteiger charge is 2.31. The Morgan fingerprint density at radius 2 is 1.32 bits per heavy atom. The Hall–Kier alpha value is -3.14. The second kappa shape index (κ2) is 15.2. The van der Waals surface area contributed by atoms with Gasteiger partial charge in [0.1, 0.15) is 23.7 Å². The topological polar surface area (TPSA) is 149 Å². The summed E-state index contributed by atoms with van der Waals surface area (Å²) in [7, 11) is 0. The Bertz CT molecular complexity index is 883. The number of hydrogen-bond donors (Lipinski definition) is 4. The number of carbonyl (C=O) groups excluding carboxylic acids is 4. The second-order valence-electron chi connectivity index (χ2n) is 11.0. The van der Waals surface area contributed by atoms with E-state index in [0.29, 0.717) is 12.8 Å². The molecule has 0 fully saturated rings. The number of hydrogen-bond acceptors (Lipinski definition) is 6. The number of nitrogens with two attached hydrogens (primary N) is 1. The number of benzene rings is 1. The molecule has 5 N–H and O–H groups in total. The monoisotopic (exact) mass is 520 g/mol. The molecule has 3 atom stereocenters. The Morgan fingerprint density at radius 1 is 0.811 bits per heavy atom. The van der Waals surface area contributed by atoms with Crippen LogP contribution in [0.15, 0.2) is 30.3 Å². The van der Waals surface area contributed by atoms with Gasteiger partial charge in [0, 0.05) is 0 Å². The smallest absolute Gasteiger partial charge is 0.408 e. The average Bonchev–Trinajstić information content (AvgIpc) is 2.76. The lowest BCUT2D eigenvalue weighted by Gasteiger charge is -2.27. The Balaban J connectivity index is 3.00. The summed E-state index contributed by atoms with van der Waals surface area (Å²) in [5.41, 5.74) is 5.61. The van der Waals surface area contributed by atoms with Crippen LogP contribution in [-0.2, 0) is 30.5 Å². The largest absolute Gasteiger partial charge is 0.444 e. The van der Waals surface area contributed by atoms with E-state index >= 15 is 0 Å². The van der Waals surface area contributed by atoms with Crippen LogP contribution in [0.2, 0.25) is 0 Å². The molecule has 0 saturated carbocycles. The van der Waals surface area contributed by atoms with Gasteiger partial charge in [-0.2, -0.15) is 0 Å². The normalized spacial score (nSPS) is 14.0. The predicted molar refractivity (Wildman–Crippen MR) is 141 cm³/mol. The highest BCUT2D eigenvalue weighted by atomic mass is 16.6. The molecule has 0 heterocycles. The van der Waals surface area contributed by atoms with Gasteiger partial charge in [0.2, 0.25) is 17.7 Å². The quantitative estimate of drug-likeness (QED) is 0.296. The third-order valence-corrected chi connectivity index (χ3v) is 5.11. The van der Waals surface area contributed by atoms with Crippen molar-refractivity contribution >= 4 is 23.8 Å². The van der Waals surface area contributed by atoms with Gasteiger partial charge in [-0.05, 0) is 51.0 Å². The van der Waals surface area contributed by atoms with Gasteiger partial charge in [-0.1, -0.05) is 58.0 Å². The molecule has 4 amide bonds. The zero-order valence-electron chi connectivity index (χ0n) is 23.1. The van der Waals surface area contributed by atoms with E-state index in [2.05, 4.69) is 16.0 Å². The van der Waals surface area contributed by atoms with Gasteiger partial charge in [0.05, 0.1) is 13.2 Å². The summed E-state index contributed by atoms with van der Waals surface area (Å²) in [4.78, 5) is 50.6. The molecule has 1 aromatic rings. The number of ether oxygens (including phenoxy) is 2. The minimum Gasteiger partial charge on any atom is -0.444 e. The van der Waals surface area contributed by atoms with Crippen LogP contribution in [0, 0.1) is 11.8 Å². The molecule has 0 aliphatic carbocycles. The maximum absolute atomic E-state index is 13.2. The van der Waals surface area contributed by atoms with Crippen molar-refractivity contribution in [2.75, 3.05) is 6.61 Å². The lowest BCUT2D eigenvalue weighted by atomic mass is 10.00. The third kappa shape index (κ3) is 13.7. The lowest BCUT2D eigenvalue weighted by molar-refractivity contribution is -0.133. The lowest BCUT2D eigenvalue weighted by Crippen LogP contribution is -2.58. The summed E-state index contributed by atoms with van der Waals surface area (Å²) >= 11 is 0. The molecule has 0 aromatic heterocycles. The Kier molecular flexibility index (Phi) is 13.1. The fourth-order valence-electron chi connectivity index (χ4n) is 3.47. The van der Waals surface area contributed by atoms with Crippen molar-refractivity contribution in [2.45, 2.75) is 91.6 Å². The zero-order chi connectivity index (χ0) is 28.2. The molecule has 0 saturated heterocycles. The first-order chi connectivity index (χ1) is 17.2. The maximum atomic E-state index is 13.2. The summed E-state index contributed by atoms with van der Waals surface area (Å²) in [5, 5.41) is 7.91. The van der Waals surface area contributed by atoms with E-state index in [0.717, 1.165) is 5.56 Å². The summed E-state index contributed by atoms with van der Waals surface area (Å²) in [6.45, 7) is 12.9. The molecule has 37 heavy (non-hydrogen) atoms. The first-order valence-electron chi connectivity index (χ1n) is 12.7. The third-order valence-electron chi connectivity index (χ3n) is 5.11. The molecular formula is C27H44N4O6. The first kappa shape index (κ1) is 31.9. The van der Waals surface area contributed by atoms with Crippen molar-refractivity contribution in [2.24, 2.45) is 17.6 Å². The van der Waals surface area contributed by atoms with Crippen LogP contribution >= 0.6 is 0 Å². The van der Waals surface area contributed by atoms with Crippen LogP contribution in [0.4, 0.5) is 4.79 Å². The van der Waals surface area contributed by atoms with Crippen LogP contribution in [0.1, 0.15) is 66.9 Å². The highest BCUT2D eigenvalue weighted by Crippen LogP contribution is 2.10. The van der Waals surface area contributed by atoms with E-state index in [1.807, 2.05) is 58.0 Å². The van der Waals surface area contributed by atoms with Crippen molar-refractivity contribution in [1.82, 2.24) is 16.0 Å². The van der Waals surface area contributed by atoms with Crippen molar-refractivity contribution in [1.29, 1.82) is 0 Å². The van der Waals surface area contributed by atoms with Gasteiger partial charge in [-0.3, -0.25) is 14.4 Å². The van der Waals surface area contributed by atoms with Crippen LogP contribution in [-0.4, -0.2) is 54.1 Å². The number of primary amides is 1. The standard InChI is InChI=1S/C27H44N4O6/c1-17(2)13-20(23(28)32)29-24(33)21(14-18(3)4)30-25(34)22(31-26(35)37-27(5,6)7)16-36-15-19-11-9-8-10-12-19/h8-12,17-18,20-22H,13-16H2,1-7H3,(H2,28,32)(H,29,33)(H,30,34)(H,31,35)/t20-,21+,22+/m0/s1. The molecule has 208 valence electrons. The van der Waals surface area contributed by atoms with Gasteiger partial charge in [-0.15, -0.1) is 0 Å². The molecule has 1 aromatic carbocycles. The zero-order valence-corrected chi connectivity index (χ0v) is 23.1. The van der Waals surface area contributed by atoms with Crippen LogP contribution in [0.25, 0.3) is 0 Å². The van der Waals surface area contributed by atoms with Crippen molar-refractivity contribution < 1.29 is 28.7 Å². The maximum Gasteiger partial charge on any atom is 0.408 e. The molecule has 0 aliphatic heterocycles. The van der Waals surface area contributed by atoms with Crippen LogP contribution < -0.4 is 21.7 Å². The molecule has 0 unspecified atom stereocenters. The summed E-state index contributed by atoms with van der Waals surface area (Å²) in [5.74, 6) is -1.60. The molecule has 10 nitrogen and oxygen atoms in total. The average molecular weight is 521 g/mol. The van der Waals surface area contributed by atoms with Gasteiger partial charge in [-0.25, -0.2) is 4.79 Å². The number of carbonyl (C=O) groups is 4. The first-order valence-corrected chi connectivity index (χ1v) is 12.7. The van der Waals surface area contributed by atoms with Crippen molar-refractivity contribution in [3.05, 3.63) is 35.9 Å².